The molecule has 144 valence electrons. The Bertz CT molecular complexity index is 849. The van der Waals surface area contributed by atoms with Gasteiger partial charge in [0.15, 0.2) is 0 Å². The van der Waals surface area contributed by atoms with Crippen LogP contribution in [0.2, 0.25) is 5.02 Å². The first-order chi connectivity index (χ1) is 12.7. The van der Waals surface area contributed by atoms with Crippen molar-refractivity contribution < 1.29 is 32.2 Å². The van der Waals surface area contributed by atoms with Crippen molar-refractivity contribution in [3.8, 4) is 0 Å². The van der Waals surface area contributed by atoms with Crippen molar-refractivity contribution >= 4 is 41.0 Å². The minimum atomic E-state index is -4.50. The van der Waals surface area contributed by atoms with E-state index in [1.54, 1.807) is 0 Å². The molecule has 0 aliphatic carbocycles. The van der Waals surface area contributed by atoms with Crippen LogP contribution in [-0.2, 0) is 19.1 Å². The molecule has 0 atom stereocenters. The van der Waals surface area contributed by atoms with Crippen LogP contribution in [0.25, 0.3) is 0 Å². The molecule has 1 heterocycles. The quantitative estimate of drug-likeness (QED) is 0.531. The molecule has 0 saturated carbocycles. The Morgan fingerprint density at radius 3 is 2.37 bits per heavy atom. The highest BCUT2D eigenvalue weighted by Gasteiger charge is 2.31. The molecule has 0 fully saturated rings. The Hall–Kier alpha value is -2.39. The van der Waals surface area contributed by atoms with Gasteiger partial charge in [-0.2, -0.15) is 13.2 Å². The normalized spacial score (nSPS) is 14.2. The number of anilines is 1. The third kappa shape index (κ3) is 5.08. The molecule has 27 heavy (non-hydrogen) atoms. The van der Waals surface area contributed by atoms with Crippen LogP contribution < -0.4 is 4.90 Å². The maximum atomic E-state index is 12.7. The number of thioether (sulfide) groups is 1. The zero-order valence-corrected chi connectivity index (χ0v) is 15.6. The fourth-order valence-electron chi connectivity index (χ4n) is 2.23. The van der Waals surface area contributed by atoms with Crippen molar-refractivity contribution in [2.75, 3.05) is 19.1 Å². The second-order valence-corrected chi connectivity index (χ2v) is 6.52. The van der Waals surface area contributed by atoms with E-state index >= 15 is 0 Å². The number of ether oxygens (including phenoxy) is 2. The van der Waals surface area contributed by atoms with Crippen LogP contribution in [0.1, 0.15) is 0 Å². The van der Waals surface area contributed by atoms with Crippen LogP contribution in [-0.4, -0.2) is 31.7 Å². The SMILES string of the molecule is COC(=O)C1=C(C(=O)OC)N(c2cc(SC(F)(F)F)ccc2Cl)C=CC=C1. The lowest BCUT2D eigenvalue weighted by atomic mass is 10.1. The van der Waals surface area contributed by atoms with Gasteiger partial charge in [-0.05, 0) is 42.1 Å². The van der Waals surface area contributed by atoms with Gasteiger partial charge in [-0.25, -0.2) is 9.59 Å². The van der Waals surface area contributed by atoms with E-state index in [9.17, 15) is 22.8 Å². The van der Waals surface area contributed by atoms with Crippen molar-refractivity contribution in [1.29, 1.82) is 0 Å². The minimum absolute atomic E-state index is 0.0627. The lowest BCUT2D eigenvalue weighted by Gasteiger charge is -2.24. The number of methoxy groups -OCH3 is 2. The molecule has 1 aromatic carbocycles. The maximum absolute atomic E-state index is 12.7. The molecule has 0 bridgehead atoms. The van der Waals surface area contributed by atoms with Gasteiger partial charge in [0.25, 0.3) is 0 Å². The first-order valence-electron chi connectivity index (χ1n) is 7.28. The van der Waals surface area contributed by atoms with Crippen LogP contribution in [0.3, 0.4) is 0 Å². The van der Waals surface area contributed by atoms with Gasteiger partial charge in [0.2, 0.25) is 0 Å². The molecule has 10 heteroatoms. The number of esters is 2. The number of nitrogens with zero attached hydrogens (tertiary/aromatic N) is 1. The molecular weight excluding hydrogens is 407 g/mol. The van der Waals surface area contributed by atoms with Crippen LogP contribution in [0.15, 0.2) is 58.8 Å². The predicted octanol–water partition coefficient (Wildman–Crippen LogP) is 4.44. The Balaban J connectivity index is 2.65. The highest BCUT2D eigenvalue weighted by molar-refractivity contribution is 8.00. The van der Waals surface area contributed by atoms with Gasteiger partial charge in [0.1, 0.15) is 5.70 Å². The molecule has 1 aromatic rings. The summed E-state index contributed by atoms with van der Waals surface area (Å²) in [5.74, 6) is -1.71. The van der Waals surface area contributed by atoms with Gasteiger partial charge in [-0.15, -0.1) is 0 Å². The van der Waals surface area contributed by atoms with E-state index in [2.05, 4.69) is 4.74 Å². The summed E-state index contributed by atoms with van der Waals surface area (Å²) in [7, 11) is 2.24. The van der Waals surface area contributed by atoms with Gasteiger partial charge in [-0.3, -0.25) is 0 Å². The average Bonchev–Trinajstić information content (AvgIpc) is 2.83. The van der Waals surface area contributed by atoms with E-state index < -0.39 is 17.4 Å². The number of halogens is 4. The number of rotatable bonds is 4. The van der Waals surface area contributed by atoms with Gasteiger partial charge in [0, 0.05) is 11.1 Å². The summed E-state index contributed by atoms with van der Waals surface area (Å²) >= 11 is 5.82. The first-order valence-corrected chi connectivity index (χ1v) is 8.47. The summed E-state index contributed by atoms with van der Waals surface area (Å²) < 4.78 is 47.5. The van der Waals surface area contributed by atoms with Crippen molar-refractivity contribution in [2.24, 2.45) is 0 Å². The number of carbonyl (C=O) groups is 2. The molecule has 0 radical (unpaired) electrons. The van der Waals surface area contributed by atoms with Crippen molar-refractivity contribution in [1.82, 2.24) is 0 Å². The van der Waals surface area contributed by atoms with Gasteiger partial charge < -0.3 is 14.4 Å². The molecule has 0 spiro atoms. The third-order valence-electron chi connectivity index (χ3n) is 3.30. The number of hydrogen-bond acceptors (Lipinski definition) is 6. The van der Waals surface area contributed by atoms with E-state index in [0.717, 1.165) is 20.3 Å². The Kier molecular flexibility index (Phi) is 6.61. The molecule has 0 amide bonds. The number of carbonyl (C=O) groups excluding carboxylic acids is 2. The van der Waals surface area contributed by atoms with E-state index in [4.69, 9.17) is 16.3 Å². The average molecular weight is 420 g/mol. The Morgan fingerprint density at radius 1 is 1.11 bits per heavy atom. The van der Waals surface area contributed by atoms with Crippen LogP contribution in [0.4, 0.5) is 18.9 Å². The second-order valence-electron chi connectivity index (χ2n) is 4.98. The lowest BCUT2D eigenvalue weighted by Crippen LogP contribution is -2.27. The molecule has 0 aromatic heterocycles. The van der Waals surface area contributed by atoms with Gasteiger partial charge in [-0.1, -0.05) is 17.7 Å². The standard InChI is InChI=1S/C17H13ClF3NO4S/c1-25-15(23)11-5-3-4-8-22(14(11)16(24)26-2)13-9-10(6-7-12(13)18)27-17(19,20)21/h3-9H,1-2H3. The fraction of sp³-hybridized carbons (Fsp3) is 0.176. The third-order valence-corrected chi connectivity index (χ3v) is 4.34. The Morgan fingerprint density at radius 2 is 1.78 bits per heavy atom. The largest absolute Gasteiger partial charge is 0.465 e. The summed E-state index contributed by atoms with van der Waals surface area (Å²) in [4.78, 5) is 25.5. The summed E-state index contributed by atoms with van der Waals surface area (Å²) in [6.45, 7) is 0. The minimum Gasteiger partial charge on any atom is -0.465 e. The summed E-state index contributed by atoms with van der Waals surface area (Å²) in [5.41, 5.74) is -4.82. The number of hydrogen-bond donors (Lipinski definition) is 0. The van der Waals surface area contributed by atoms with Crippen molar-refractivity contribution in [3.05, 3.63) is 58.9 Å². The number of alkyl halides is 3. The van der Waals surface area contributed by atoms with E-state index in [0.29, 0.717) is 0 Å². The van der Waals surface area contributed by atoms with E-state index in [1.165, 1.54) is 41.5 Å². The monoisotopic (exact) mass is 419 g/mol. The van der Waals surface area contributed by atoms with Crippen LogP contribution >= 0.6 is 23.4 Å². The lowest BCUT2D eigenvalue weighted by molar-refractivity contribution is -0.139. The fourth-order valence-corrected chi connectivity index (χ4v) is 3.01. The zero-order chi connectivity index (χ0) is 20.2. The highest BCUT2D eigenvalue weighted by Crippen LogP contribution is 2.41. The summed E-state index contributed by atoms with van der Waals surface area (Å²) in [6.07, 6.45) is 5.66. The molecule has 1 aliphatic rings. The summed E-state index contributed by atoms with van der Waals surface area (Å²) in [6, 6.07) is 3.63. The van der Waals surface area contributed by atoms with Crippen LogP contribution in [0.5, 0.6) is 0 Å². The zero-order valence-electron chi connectivity index (χ0n) is 14.0. The Labute approximate surface area is 162 Å². The second kappa shape index (κ2) is 8.53. The highest BCUT2D eigenvalue weighted by atomic mass is 35.5. The first kappa shape index (κ1) is 20.9. The maximum Gasteiger partial charge on any atom is 0.446 e. The molecule has 0 unspecified atom stereocenters. The molecule has 1 aliphatic heterocycles. The van der Waals surface area contributed by atoms with E-state index in [-0.39, 0.29) is 38.6 Å². The molecule has 0 N–H and O–H groups in total. The van der Waals surface area contributed by atoms with Crippen molar-refractivity contribution in [2.45, 2.75) is 10.4 Å². The van der Waals surface area contributed by atoms with Gasteiger partial charge >= 0.3 is 17.4 Å². The summed E-state index contributed by atoms with van der Waals surface area (Å²) in [5, 5.41) is 0.0682. The van der Waals surface area contributed by atoms with Crippen molar-refractivity contribution in [3.63, 3.8) is 0 Å². The van der Waals surface area contributed by atoms with Crippen LogP contribution in [0, 0.1) is 0 Å². The smallest absolute Gasteiger partial charge is 0.446 e. The topological polar surface area (TPSA) is 55.8 Å². The van der Waals surface area contributed by atoms with E-state index in [1.807, 2.05) is 0 Å². The van der Waals surface area contributed by atoms with Gasteiger partial charge in [0.05, 0.1) is 30.5 Å². The molecule has 2 rings (SSSR count). The molecule has 0 saturated heterocycles. The number of benzene rings is 1. The molecular formula is C17H13ClF3NO4S. The molecule has 5 nitrogen and oxygen atoms in total. The predicted molar refractivity (Wildman–Crippen MR) is 95.2 cm³/mol. The number of allylic oxidation sites excluding steroid dienone is 2.